The Balaban J connectivity index is 1.74. The van der Waals surface area contributed by atoms with Gasteiger partial charge in [-0.05, 0) is 37.0 Å². The Bertz CT molecular complexity index is 565. The van der Waals surface area contributed by atoms with Crippen LogP contribution in [0.3, 0.4) is 0 Å². The summed E-state index contributed by atoms with van der Waals surface area (Å²) in [6.45, 7) is 2.70. The molecule has 1 unspecified atom stereocenters. The summed E-state index contributed by atoms with van der Waals surface area (Å²) < 4.78 is 0. The highest BCUT2D eigenvalue weighted by Gasteiger charge is 2.13. The molecule has 1 atom stereocenters. The van der Waals surface area contributed by atoms with E-state index in [9.17, 15) is 4.79 Å². The minimum Gasteiger partial charge on any atom is -0.350 e. The molecule has 0 aliphatic rings. The highest BCUT2D eigenvalue weighted by atomic mass is 32.1. The molecule has 1 amide bonds. The molecular weight excluding hydrogens is 280 g/mol. The van der Waals surface area contributed by atoms with Crippen molar-refractivity contribution in [2.45, 2.75) is 38.8 Å². The number of benzene rings is 1. The summed E-state index contributed by atoms with van der Waals surface area (Å²) in [5.41, 5.74) is 7.17. The van der Waals surface area contributed by atoms with Crippen molar-refractivity contribution in [3.05, 3.63) is 57.8 Å². The van der Waals surface area contributed by atoms with E-state index in [0.29, 0.717) is 13.0 Å². The van der Waals surface area contributed by atoms with Crippen LogP contribution in [0.2, 0.25) is 0 Å². The molecule has 0 fully saturated rings. The lowest BCUT2D eigenvalue weighted by atomic mass is 10.1. The fourth-order valence-electron chi connectivity index (χ4n) is 2.11. The summed E-state index contributed by atoms with van der Waals surface area (Å²) >= 11 is 1.74. The number of rotatable bonds is 7. The lowest BCUT2D eigenvalue weighted by Gasteiger charge is -2.11. The molecule has 2 rings (SSSR count). The molecule has 4 heteroatoms. The largest absolute Gasteiger partial charge is 0.350 e. The number of carbonyl (C=O) groups is 1. The molecule has 21 heavy (non-hydrogen) atoms. The number of carbonyl (C=O) groups excluding carboxylic acids is 1. The summed E-state index contributed by atoms with van der Waals surface area (Å²) in [6, 6.07) is 13.8. The molecule has 0 saturated carbocycles. The van der Waals surface area contributed by atoms with Crippen LogP contribution in [0.5, 0.6) is 0 Å². The normalized spacial score (nSPS) is 12.1. The van der Waals surface area contributed by atoms with Crippen LogP contribution in [0.4, 0.5) is 0 Å². The van der Waals surface area contributed by atoms with Gasteiger partial charge in [0.25, 0.3) is 0 Å². The van der Waals surface area contributed by atoms with Gasteiger partial charge < -0.3 is 11.1 Å². The van der Waals surface area contributed by atoms with Crippen molar-refractivity contribution in [3.8, 4) is 0 Å². The van der Waals surface area contributed by atoms with Crippen LogP contribution in [0, 0.1) is 0 Å². The van der Waals surface area contributed by atoms with Crippen LogP contribution < -0.4 is 11.1 Å². The molecule has 0 bridgehead atoms. The van der Waals surface area contributed by atoms with Crippen molar-refractivity contribution in [1.29, 1.82) is 0 Å². The van der Waals surface area contributed by atoms with E-state index in [1.54, 1.807) is 11.3 Å². The third kappa shape index (κ3) is 4.99. The third-order valence-corrected chi connectivity index (χ3v) is 4.66. The van der Waals surface area contributed by atoms with E-state index in [0.717, 1.165) is 12.8 Å². The first-order valence-corrected chi connectivity index (χ1v) is 8.15. The van der Waals surface area contributed by atoms with E-state index in [2.05, 4.69) is 36.5 Å². The molecule has 3 nitrogen and oxygen atoms in total. The van der Waals surface area contributed by atoms with Gasteiger partial charge in [-0.25, -0.2) is 0 Å². The average Bonchev–Trinajstić information content (AvgIpc) is 2.99. The highest BCUT2D eigenvalue weighted by Crippen LogP contribution is 2.16. The van der Waals surface area contributed by atoms with Gasteiger partial charge in [-0.2, -0.15) is 0 Å². The maximum atomic E-state index is 12.0. The van der Waals surface area contributed by atoms with Gasteiger partial charge in [-0.15, -0.1) is 11.3 Å². The minimum atomic E-state index is -0.448. The van der Waals surface area contributed by atoms with E-state index >= 15 is 0 Å². The number of hydrogen-bond donors (Lipinski definition) is 2. The molecule has 3 N–H and O–H groups in total. The van der Waals surface area contributed by atoms with Crippen LogP contribution in [-0.4, -0.2) is 11.9 Å². The predicted octanol–water partition coefficient (Wildman–Crippen LogP) is 2.89. The average molecular weight is 302 g/mol. The lowest BCUT2D eigenvalue weighted by molar-refractivity contribution is -0.122. The van der Waals surface area contributed by atoms with E-state index in [-0.39, 0.29) is 5.91 Å². The highest BCUT2D eigenvalue weighted by molar-refractivity contribution is 7.11. The molecule has 1 aromatic heterocycles. The zero-order chi connectivity index (χ0) is 15.1. The Morgan fingerprint density at radius 3 is 2.57 bits per heavy atom. The topological polar surface area (TPSA) is 55.1 Å². The molecule has 0 spiro atoms. The van der Waals surface area contributed by atoms with E-state index in [1.165, 1.54) is 15.3 Å². The first-order chi connectivity index (χ1) is 10.2. The standard InChI is InChI=1S/C17H22N2OS/c1-2-14-9-10-15(21-14)12-19-17(20)16(18)11-8-13-6-4-3-5-7-13/h3-7,9-10,16H,2,8,11-12,18H2,1H3,(H,19,20). The van der Waals surface area contributed by atoms with Gasteiger partial charge in [-0.3, -0.25) is 4.79 Å². The van der Waals surface area contributed by atoms with Crippen LogP contribution in [0.15, 0.2) is 42.5 Å². The van der Waals surface area contributed by atoms with Crippen LogP contribution >= 0.6 is 11.3 Å². The Labute approximate surface area is 130 Å². The van der Waals surface area contributed by atoms with E-state index < -0.39 is 6.04 Å². The molecule has 2 aromatic rings. The third-order valence-electron chi connectivity index (χ3n) is 3.43. The van der Waals surface area contributed by atoms with Gasteiger partial charge in [-0.1, -0.05) is 37.3 Å². The Morgan fingerprint density at radius 1 is 1.19 bits per heavy atom. The summed E-state index contributed by atoms with van der Waals surface area (Å²) in [4.78, 5) is 14.5. The maximum Gasteiger partial charge on any atom is 0.237 e. The molecule has 0 aliphatic heterocycles. The smallest absolute Gasteiger partial charge is 0.237 e. The second-order valence-corrected chi connectivity index (χ2v) is 6.32. The monoisotopic (exact) mass is 302 g/mol. The SMILES string of the molecule is CCc1ccc(CNC(=O)C(N)CCc2ccccc2)s1. The number of nitrogens with two attached hydrogens (primary N) is 1. The molecule has 112 valence electrons. The summed E-state index contributed by atoms with van der Waals surface area (Å²) in [5.74, 6) is -0.0719. The van der Waals surface area contributed by atoms with Crippen molar-refractivity contribution < 1.29 is 4.79 Å². The number of hydrogen-bond acceptors (Lipinski definition) is 3. The van der Waals surface area contributed by atoms with Gasteiger partial charge in [0.05, 0.1) is 12.6 Å². The lowest BCUT2D eigenvalue weighted by Crippen LogP contribution is -2.40. The fraction of sp³-hybridized carbons (Fsp3) is 0.353. The minimum absolute atomic E-state index is 0.0719. The molecule has 0 radical (unpaired) electrons. The first kappa shape index (κ1) is 15.7. The number of nitrogens with one attached hydrogen (secondary N) is 1. The van der Waals surface area contributed by atoms with Crippen molar-refractivity contribution in [1.82, 2.24) is 5.32 Å². The van der Waals surface area contributed by atoms with Crippen molar-refractivity contribution in [2.75, 3.05) is 0 Å². The van der Waals surface area contributed by atoms with Gasteiger partial charge in [0.1, 0.15) is 0 Å². The number of amides is 1. The van der Waals surface area contributed by atoms with Gasteiger partial charge in [0, 0.05) is 9.75 Å². The molecule has 1 aromatic carbocycles. The first-order valence-electron chi connectivity index (χ1n) is 7.34. The van der Waals surface area contributed by atoms with Crippen LogP contribution in [-0.2, 0) is 24.2 Å². The second kappa shape index (κ2) is 7.96. The molecule has 0 aliphatic carbocycles. The van der Waals surface area contributed by atoms with Gasteiger partial charge in [0.15, 0.2) is 0 Å². The summed E-state index contributed by atoms with van der Waals surface area (Å²) in [6.07, 6.45) is 2.53. The van der Waals surface area contributed by atoms with Gasteiger partial charge >= 0.3 is 0 Å². The zero-order valence-corrected chi connectivity index (χ0v) is 13.2. The maximum absolute atomic E-state index is 12.0. The number of aryl methyl sites for hydroxylation is 2. The van der Waals surface area contributed by atoms with E-state index in [4.69, 9.17) is 5.73 Å². The fourth-order valence-corrected chi connectivity index (χ4v) is 3.01. The summed E-state index contributed by atoms with van der Waals surface area (Å²) in [7, 11) is 0. The molecule has 0 saturated heterocycles. The Hall–Kier alpha value is -1.65. The Morgan fingerprint density at radius 2 is 1.90 bits per heavy atom. The van der Waals surface area contributed by atoms with Gasteiger partial charge in [0.2, 0.25) is 5.91 Å². The second-order valence-electron chi connectivity index (χ2n) is 5.07. The predicted molar refractivity (Wildman–Crippen MR) is 88.3 cm³/mol. The zero-order valence-electron chi connectivity index (χ0n) is 12.3. The van der Waals surface area contributed by atoms with Crippen molar-refractivity contribution in [2.24, 2.45) is 5.73 Å². The Kier molecular flexibility index (Phi) is 5.96. The summed E-state index contributed by atoms with van der Waals surface area (Å²) in [5, 5.41) is 2.92. The quantitative estimate of drug-likeness (QED) is 0.826. The van der Waals surface area contributed by atoms with Crippen LogP contribution in [0.25, 0.3) is 0 Å². The van der Waals surface area contributed by atoms with E-state index in [1.807, 2.05) is 18.2 Å². The molecule has 1 heterocycles. The van der Waals surface area contributed by atoms with Crippen molar-refractivity contribution in [3.63, 3.8) is 0 Å². The molecular formula is C17H22N2OS. The van der Waals surface area contributed by atoms with Crippen LogP contribution in [0.1, 0.15) is 28.7 Å². The number of thiophene rings is 1. The van der Waals surface area contributed by atoms with Crippen molar-refractivity contribution >= 4 is 17.2 Å².